The Morgan fingerprint density at radius 3 is 1.54 bits per heavy atom. The zero-order valence-corrected chi connectivity index (χ0v) is 12.5. The van der Waals surface area contributed by atoms with E-state index in [2.05, 4.69) is 9.97 Å². The molecule has 0 aliphatic carbocycles. The summed E-state index contributed by atoms with van der Waals surface area (Å²) in [6, 6.07) is 10.7. The number of ketones is 1. The molecular weight excluding hydrogens is 304 g/mol. The average molecular weight is 316 g/mol. The van der Waals surface area contributed by atoms with Crippen molar-refractivity contribution >= 4 is 5.78 Å². The maximum absolute atomic E-state index is 12.6. The van der Waals surface area contributed by atoms with Crippen LogP contribution >= 0.6 is 0 Å². The molecule has 0 aliphatic heterocycles. The van der Waals surface area contributed by atoms with Gasteiger partial charge in [-0.05, 0) is 36.4 Å². The summed E-state index contributed by atoms with van der Waals surface area (Å²) in [5.41, 5.74) is 2.69. The lowest BCUT2D eigenvalue weighted by Crippen LogP contribution is -1.96. The average Bonchev–Trinajstić information content (AvgIpc) is 3.33. The minimum atomic E-state index is -0.150. The molecule has 0 atom stereocenters. The Bertz CT molecular complexity index is 892. The summed E-state index contributed by atoms with van der Waals surface area (Å²) in [7, 11) is 0. The molecule has 4 heterocycles. The molecule has 0 saturated heterocycles. The molecule has 0 aromatic carbocycles. The normalized spacial score (nSPS) is 10.7. The van der Waals surface area contributed by atoms with Gasteiger partial charge in [0.05, 0.1) is 11.1 Å². The van der Waals surface area contributed by atoms with Gasteiger partial charge in [0.1, 0.15) is 24.0 Å². The zero-order chi connectivity index (χ0) is 16.4. The van der Waals surface area contributed by atoms with Gasteiger partial charge in [-0.2, -0.15) is 0 Å². The third kappa shape index (κ3) is 2.63. The highest BCUT2D eigenvalue weighted by Gasteiger charge is 2.16. The van der Waals surface area contributed by atoms with Crippen molar-refractivity contribution in [2.45, 2.75) is 0 Å². The quantitative estimate of drug-likeness (QED) is 0.527. The summed E-state index contributed by atoms with van der Waals surface area (Å²) in [6.07, 6.45) is 9.62. The number of nitrogens with zero attached hydrogens (tertiary/aromatic N) is 2. The fourth-order valence-corrected chi connectivity index (χ4v) is 2.41. The van der Waals surface area contributed by atoms with Crippen molar-refractivity contribution in [3.05, 3.63) is 84.8 Å². The fourth-order valence-electron chi connectivity index (χ4n) is 2.41. The maximum atomic E-state index is 12.6. The Morgan fingerprint density at radius 1 is 0.708 bits per heavy atom. The van der Waals surface area contributed by atoms with Gasteiger partial charge in [-0.3, -0.25) is 14.8 Å². The van der Waals surface area contributed by atoms with Gasteiger partial charge in [-0.1, -0.05) is 0 Å². The van der Waals surface area contributed by atoms with Crippen LogP contribution in [0, 0.1) is 0 Å². The predicted octanol–water partition coefficient (Wildman–Crippen LogP) is 4.23. The molecular formula is C19H12N2O3. The second-order valence-corrected chi connectivity index (χ2v) is 5.20. The number of carbonyl (C=O) groups is 1. The van der Waals surface area contributed by atoms with E-state index >= 15 is 0 Å². The number of hydrogen-bond donors (Lipinski definition) is 0. The SMILES string of the molecule is O=C(c1coc(-c2ccncc2)c1)c1coc(-c2ccncc2)c1. The lowest BCUT2D eigenvalue weighted by molar-refractivity contribution is 0.103. The van der Waals surface area contributed by atoms with Gasteiger partial charge >= 0.3 is 0 Å². The number of carbonyl (C=O) groups excluding carboxylic acids is 1. The molecule has 116 valence electrons. The fraction of sp³-hybridized carbons (Fsp3) is 0. The molecule has 5 nitrogen and oxygen atoms in total. The van der Waals surface area contributed by atoms with Crippen LogP contribution in [0.5, 0.6) is 0 Å². The molecule has 0 unspecified atom stereocenters. The van der Waals surface area contributed by atoms with Gasteiger partial charge in [0.2, 0.25) is 0 Å². The molecule has 0 bridgehead atoms. The molecule has 4 aromatic heterocycles. The first-order valence-corrected chi connectivity index (χ1v) is 7.34. The van der Waals surface area contributed by atoms with Crippen LogP contribution in [0.3, 0.4) is 0 Å². The highest BCUT2D eigenvalue weighted by molar-refractivity contribution is 6.09. The Kier molecular flexibility index (Phi) is 3.51. The number of rotatable bonds is 4. The minimum Gasteiger partial charge on any atom is -0.464 e. The third-order valence-electron chi connectivity index (χ3n) is 3.65. The van der Waals surface area contributed by atoms with E-state index in [9.17, 15) is 4.79 Å². The van der Waals surface area contributed by atoms with Gasteiger partial charge < -0.3 is 8.83 Å². The maximum Gasteiger partial charge on any atom is 0.199 e. The summed E-state index contributed by atoms with van der Waals surface area (Å²) < 4.78 is 11.0. The standard InChI is InChI=1S/C19H12N2O3/c22-19(15-9-17(23-11-15)13-1-5-20-6-2-13)16-10-18(24-12-16)14-3-7-21-8-4-14/h1-12H. The van der Waals surface area contributed by atoms with Crippen LogP contribution in [0.15, 0.2) is 82.5 Å². The summed E-state index contributed by atoms with van der Waals surface area (Å²) in [4.78, 5) is 20.5. The van der Waals surface area contributed by atoms with Crippen LogP contribution in [-0.4, -0.2) is 15.8 Å². The van der Waals surface area contributed by atoms with E-state index in [0.717, 1.165) is 11.1 Å². The molecule has 0 amide bonds. The Labute approximate surface area is 137 Å². The molecule has 0 N–H and O–H groups in total. The largest absolute Gasteiger partial charge is 0.464 e. The van der Waals surface area contributed by atoms with Crippen molar-refractivity contribution in [3.63, 3.8) is 0 Å². The summed E-state index contributed by atoms with van der Waals surface area (Å²) in [6.45, 7) is 0. The van der Waals surface area contributed by atoms with Gasteiger partial charge in [-0.15, -0.1) is 0 Å². The van der Waals surface area contributed by atoms with E-state index in [1.165, 1.54) is 12.5 Å². The predicted molar refractivity (Wildman–Crippen MR) is 87.3 cm³/mol. The second-order valence-electron chi connectivity index (χ2n) is 5.20. The summed E-state index contributed by atoms with van der Waals surface area (Å²) >= 11 is 0. The molecule has 0 aliphatic rings. The van der Waals surface area contributed by atoms with Crippen LogP contribution in [0.25, 0.3) is 22.6 Å². The molecule has 0 fully saturated rings. The topological polar surface area (TPSA) is 69.1 Å². The highest BCUT2D eigenvalue weighted by Crippen LogP contribution is 2.26. The van der Waals surface area contributed by atoms with Crippen LogP contribution in [0.4, 0.5) is 0 Å². The molecule has 4 aromatic rings. The lowest BCUT2D eigenvalue weighted by Gasteiger charge is -1.93. The molecule has 0 radical (unpaired) electrons. The van der Waals surface area contributed by atoms with Gasteiger partial charge in [0, 0.05) is 35.9 Å². The van der Waals surface area contributed by atoms with Crippen molar-refractivity contribution in [1.82, 2.24) is 9.97 Å². The zero-order valence-electron chi connectivity index (χ0n) is 12.5. The molecule has 0 spiro atoms. The van der Waals surface area contributed by atoms with Crippen LogP contribution in [0.1, 0.15) is 15.9 Å². The number of furan rings is 2. The highest BCUT2D eigenvalue weighted by atomic mass is 16.3. The molecule has 24 heavy (non-hydrogen) atoms. The van der Waals surface area contributed by atoms with Crippen molar-refractivity contribution in [3.8, 4) is 22.6 Å². The van der Waals surface area contributed by atoms with E-state index < -0.39 is 0 Å². The number of pyridine rings is 2. The van der Waals surface area contributed by atoms with E-state index in [1.54, 1.807) is 36.9 Å². The first-order chi connectivity index (χ1) is 11.8. The second kappa shape index (κ2) is 5.96. The number of hydrogen-bond acceptors (Lipinski definition) is 5. The van der Waals surface area contributed by atoms with Crippen molar-refractivity contribution in [2.24, 2.45) is 0 Å². The smallest absolute Gasteiger partial charge is 0.199 e. The van der Waals surface area contributed by atoms with Crippen LogP contribution < -0.4 is 0 Å². The lowest BCUT2D eigenvalue weighted by atomic mass is 10.1. The van der Waals surface area contributed by atoms with Crippen molar-refractivity contribution in [2.75, 3.05) is 0 Å². The minimum absolute atomic E-state index is 0.150. The van der Waals surface area contributed by atoms with Crippen molar-refractivity contribution in [1.29, 1.82) is 0 Å². The van der Waals surface area contributed by atoms with Gasteiger partial charge in [0.25, 0.3) is 0 Å². The first kappa shape index (κ1) is 14.1. The van der Waals surface area contributed by atoms with E-state index in [4.69, 9.17) is 8.83 Å². The third-order valence-corrected chi connectivity index (χ3v) is 3.65. The Hall–Kier alpha value is -3.47. The summed E-state index contributed by atoms with van der Waals surface area (Å²) in [5, 5.41) is 0. The van der Waals surface area contributed by atoms with Crippen molar-refractivity contribution < 1.29 is 13.6 Å². The van der Waals surface area contributed by atoms with Gasteiger partial charge in [-0.25, -0.2) is 0 Å². The molecule has 0 saturated carbocycles. The summed E-state index contributed by atoms with van der Waals surface area (Å²) in [5.74, 6) is 1.10. The Balaban J connectivity index is 1.61. The monoisotopic (exact) mass is 316 g/mol. The van der Waals surface area contributed by atoms with Gasteiger partial charge in [0.15, 0.2) is 5.78 Å². The van der Waals surface area contributed by atoms with Crippen LogP contribution in [0.2, 0.25) is 0 Å². The Morgan fingerprint density at radius 2 is 1.12 bits per heavy atom. The number of aromatic nitrogens is 2. The molecule has 5 heteroatoms. The van der Waals surface area contributed by atoms with Crippen LogP contribution in [-0.2, 0) is 0 Å². The van der Waals surface area contributed by atoms with E-state index in [1.807, 2.05) is 24.3 Å². The molecule has 4 rings (SSSR count). The van der Waals surface area contributed by atoms with E-state index in [-0.39, 0.29) is 5.78 Å². The first-order valence-electron chi connectivity index (χ1n) is 7.34. The van der Waals surface area contributed by atoms with E-state index in [0.29, 0.717) is 22.6 Å².